The van der Waals surface area contributed by atoms with E-state index in [1.807, 2.05) is 11.8 Å². The molecule has 1 N–H and O–H groups in total. The SMILES string of the molecule is CSC1CNCC1N(CCC(C)C)CCC(C)C. The zero-order valence-corrected chi connectivity index (χ0v) is 13.7. The Kier molecular flexibility index (Phi) is 7.66. The van der Waals surface area contributed by atoms with Gasteiger partial charge in [0.25, 0.3) is 0 Å². The van der Waals surface area contributed by atoms with E-state index in [4.69, 9.17) is 0 Å². The molecule has 0 aromatic rings. The molecule has 0 aromatic heterocycles. The second-order valence-corrected chi connectivity index (χ2v) is 7.48. The predicted octanol–water partition coefficient (Wildman–Crippen LogP) is 3.08. The van der Waals surface area contributed by atoms with Gasteiger partial charge in [0.05, 0.1) is 0 Å². The lowest BCUT2D eigenvalue weighted by Gasteiger charge is -2.33. The smallest absolute Gasteiger partial charge is 0.0351 e. The summed E-state index contributed by atoms with van der Waals surface area (Å²) in [6.07, 6.45) is 4.92. The van der Waals surface area contributed by atoms with Gasteiger partial charge in [-0.3, -0.25) is 4.90 Å². The van der Waals surface area contributed by atoms with Gasteiger partial charge in [0.1, 0.15) is 0 Å². The number of nitrogens with zero attached hydrogens (tertiary/aromatic N) is 1. The maximum Gasteiger partial charge on any atom is 0.0351 e. The van der Waals surface area contributed by atoms with Gasteiger partial charge in [-0.1, -0.05) is 27.7 Å². The molecule has 0 bridgehead atoms. The topological polar surface area (TPSA) is 15.3 Å². The van der Waals surface area contributed by atoms with Crippen LogP contribution < -0.4 is 5.32 Å². The zero-order valence-electron chi connectivity index (χ0n) is 12.9. The summed E-state index contributed by atoms with van der Waals surface area (Å²) < 4.78 is 0. The first-order valence-electron chi connectivity index (χ1n) is 7.52. The van der Waals surface area contributed by atoms with Crippen molar-refractivity contribution in [3.8, 4) is 0 Å². The van der Waals surface area contributed by atoms with Gasteiger partial charge in [0, 0.05) is 24.4 Å². The Balaban J connectivity index is 2.51. The first-order chi connectivity index (χ1) is 8.54. The molecule has 1 rings (SSSR count). The third-order valence-corrected chi connectivity index (χ3v) is 4.97. The molecule has 1 aliphatic rings. The summed E-state index contributed by atoms with van der Waals surface area (Å²) >= 11 is 2.03. The minimum absolute atomic E-state index is 0.748. The van der Waals surface area contributed by atoms with Gasteiger partial charge in [-0.15, -0.1) is 0 Å². The van der Waals surface area contributed by atoms with E-state index in [-0.39, 0.29) is 0 Å². The van der Waals surface area contributed by atoms with Crippen LogP contribution in [-0.4, -0.2) is 48.6 Å². The first kappa shape index (κ1) is 16.3. The number of hydrogen-bond acceptors (Lipinski definition) is 3. The van der Waals surface area contributed by atoms with E-state index >= 15 is 0 Å². The molecule has 2 nitrogen and oxygen atoms in total. The van der Waals surface area contributed by atoms with Gasteiger partial charge in [0.15, 0.2) is 0 Å². The summed E-state index contributed by atoms with van der Waals surface area (Å²) in [5.74, 6) is 1.63. The van der Waals surface area contributed by atoms with E-state index < -0.39 is 0 Å². The molecule has 0 saturated carbocycles. The molecule has 0 amide bonds. The molecular formula is C15H32N2S. The molecule has 2 atom stereocenters. The molecule has 1 saturated heterocycles. The van der Waals surface area contributed by atoms with Crippen molar-refractivity contribution in [1.29, 1.82) is 0 Å². The van der Waals surface area contributed by atoms with E-state index in [0.29, 0.717) is 0 Å². The summed E-state index contributed by atoms with van der Waals surface area (Å²) in [4.78, 5) is 2.75. The molecule has 0 spiro atoms. The molecule has 0 aliphatic carbocycles. The van der Waals surface area contributed by atoms with Gasteiger partial charge in [-0.05, 0) is 44.0 Å². The van der Waals surface area contributed by atoms with Crippen molar-refractivity contribution in [2.45, 2.75) is 51.8 Å². The van der Waals surface area contributed by atoms with Crippen LogP contribution in [0.2, 0.25) is 0 Å². The highest BCUT2D eigenvalue weighted by Gasteiger charge is 2.31. The number of thioether (sulfide) groups is 1. The predicted molar refractivity (Wildman–Crippen MR) is 84.4 cm³/mol. The van der Waals surface area contributed by atoms with Crippen LogP contribution >= 0.6 is 11.8 Å². The van der Waals surface area contributed by atoms with Crippen molar-refractivity contribution in [3.63, 3.8) is 0 Å². The number of nitrogens with one attached hydrogen (secondary N) is 1. The third kappa shape index (κ3) is 5.50. The van der Waals surface area contributed by atoms with Crippen molar-refractivity contribution in [1.82, 2.24) is 10.2 Å². The summed E-state index contributed by atoms with van der Waals surface area (Å²) in [7, 11) is 0. The first-order valence-corrected chi connectivity index (χ1v) is 8.81. The standard InChI is InChI=1S/C15H32N2S/c1-12(2)6-8-17(9-7-13(3)4)14-10-16-11-15(14)18-5/h12-16H,6-11H2,1-5H3. The lowest BCUT2D eigenvalue weighted by atomic mass is 10.1. The highest BCUT2D eigenvalue weighted by molar-refractivity contribution is 7.99. The molecule has 1 aliphatic heterocycles. The van der Waals surface area contributed by atoms with Gasteiger partial charge in [0.2, 0.25) is 0 Å². The van der Waals surface area contributed by atoms with Gasteiger partial charge in [-0.2, -0.15) is 11.8 Å². The lowest BCUT2D eigenvalue weighted by Crippen LogP contribution is -2.43. The number of rotatable bonds is 8. The van der Waals surface area contributed by atoms with Crippen LogP contribution in [0.25, 0.3) is 0 Å². The van der Waals surface area contributed by atoms with Crippen LogP contribution in [-0.2, 0) is 0 Å². The second-order valence-electron chi connectivity index (χ2n) is 6.40. The second kappa shape index (κ2) is 8.44. The summed E-state index contributed by atoms with van der Waals surface area (Å²) in [6.45, 7) is 14.2. The lowest BCUT2D eigenvalue weighted by molar-refractivity contribution is 0.190. The maximum atomic E-state index is 3.57. The Labute approximate surface area is 118 Å². The van der Waals surface area contributed by atoms with Crippen LogP contribution in [0, 0.1) is 11.8 Å². The molecule has 1 fully saturated rings. The Morgan fingerprint density at radius 2 is 1.61 bits per heavy atom. The summed E-state index contributed by atoms with van der Waals surface area (Å²) in [5, 5.41) is 4.35. The van der Waals surface area contributed by atoms with Crippen molar-refractivity contribution >= 4 is 11.8 Å². The minimum Gasteiger partial charge on any atom is -0.314 e. The Bertz CT molecular complexity index is 207. The van der Waals surface area contributed by atoms with Crippen molar-refractivity contribution in [2.75, 3.05) is 32.4 Å². The normalized spacial score (nSPS) is 24.7. The molecule has 108 valence electrons. The average molecular weight is 273 g/mol. The molecule has 0 radical (unpaired) electrons. The molecule has 1 heterocycles. The monoisotopic (exact) mass is 272 g/mol. The summed E-state index contributed by atoms with van der Waals surface area (Å²) in [5.41, 5.74) is 0. The van der Waals surface area contributed by atoms with E-state index in [2.05, 4.69) is 44.2 Å². The molecule has 0 aromatic carbocycles. The van der Waals surface area contributed by atoms with Crippen LogP contribution in [0.3, 0.4) is 0 Å². The van der Waals surface area contributed by atoms with Crippen LogP contribution in [0.5, 0.6) is 0 Å². The summed E-state index contributed by atoms with van der Waals surface area (Å²) in [6, 6.07) is 0.748. The van der Waals surface area contributed by atoms with Crippen LogP contribution in [0.1, 0.15) is 40.5 Å². The molecular weight excluding hydrogens is 240 g/mol. The Morgan fingerprint density at radius 1 is 1.06 bits per heavy atom. The van der Waals surface area contributed by atoms with Crippen LogP contribution in [0.4, 0.5) is 0 Å². The fourth-order valence-electron chi connectivity index (χ4n) is 2.54. The van der Waals surface area contributed by atoms with Crippen molar-refractivity contribution in [3.05, 3.63) is 0 Å². The van der Waals surface area contributed by atoms with Crippen molar-refractivity contribution in [2.24, 2.45) is 11.8 Å². The number of hydrogen-bond donors (Lipinski definition) is 1. The van der Waals surface area contributed by atoms with E-state index in [0.717, 1.165) is 23.1 Å². The highest BCUT2D eigenvalue weighted by Crippen LogP contribution is 2.22. The molecule has 18 heavy (non-hydrogen) atoms. The average Bonchev–Trinajstić information content (AvgIpc) is 2.76. The van der Waals surface area contributed by atoms with Gasteiger partial charge < -0.3 is 5.32 Å². The van der Waals surface area contributed by atoms with E-state index in [1.54, 1.807) is 0 Å². The fourth-order valence-corrected chi connectivity index (χ4v) is 3.40. The fraction of sp³-hybridized carbons (Fsp3) is 1.00. The molecule has 2 unspecified atom stereocenters. The van der Waals surface area contributed by atoms with E-state index in [9.17, 15) is 0 Å². The Hall–Kier alpha value is 0.270. The van der Waals surface area contributed by atoms with Crippen LogP contribution in [0.15, 0.2) is 0 Å². The Morgan fingerprint density at radius 3 is 2.06 bits per heavy atom. The minimum atomic E-state index is 0.748. The zero-order chi connectivity index (χ0) is 13.5. The van der Waals surface area contributed by atoms with Gasteiger partial charge in [-0.25, -0.2) is 0 Å². The van der Waals surface area contributed by atoms with Crippen molar-refractivity contribution < 1.29 is 0 Å². The maximum absolute atomic E-state index is 3.57. The highest BCUT2D eigenvalue weighted by atomic mass is 32.2. The third-order valence-electron chi connectivity index (χ3n) is 3.89. The largest absolute Gasteiger partial charge is 0.314 e. The quantitative estimate of drug-likeness (QED) is 0.731. The van der Waals surface area contributed by atoms with E-state index in [1.165, 1.54) is 39.0 Å². The van der Waals surface area contributed by atoms with Gasteiger partial charge >= 0.3 is 0 Å². The molecule has 3 heteroatoms.